The summed E-state index contributed by atoms with van der Waals surface area (Å²) in [6.07, 6.45) is 3.51. The van der Waals surface area contributed by atoms with Crippen LogP contribution < -0.4 is 5.32 Å². The number of aromatic nitrogens is 2. The Morgan fingerprint density at radius 2 is 2.39 bits per heavy atom. The number of nitrogens with zero attached hydrogens (tertiary/aromatic N) is 2. The molecular formula is C12H14BrN3O2. The van der Waals surface area contributed by atoms with Crippen LogP contribution in [0.15, 0.2) is 22.8 Å². The lowest BCUT2D eigenvalue weighted by Gasteiger charge is -2.01. The first-order valence-corrected chi connectivity index (χ1v) is 6.47. The highest BCUT2D eigenvalue weighted by Crippen LogP contribution is 2.19. The van der Waals surface area contributed by atoms with Crippen molar-refractivity contribution in [3.05, 3.63) is 34.3 Å². The van der Waals surface area contributed by atoms with Gasteiger partial charge in [-0.05, 0) is 32.1 Å². The summed E-state index contributed by atoms with van der Waals surface area (Å²) in [5, 5.41) is 12.2. The normalized spacial score (nSPS) is 11.0. The van der Waals surface area contributed by atoms with Crippen LogP contribution in [-0.2, 0) is 6.42 Å². The Labute approximate surface area is 113 Å². The Morgan fingerprint density at radius 1 is 1.61 bits per heavy atom. The van der Waals surface area contributed by atoms with Gasteiger partial charge in [0.15, 0.2) is 5.69 Å². The number of carbonyl (C=O) groups is 1. The first-order chi connectivity index (χ1) is 8.63. The van der Waals surface area contributed by atoms with Gasteiger partial charge in [0.2, 0.25) is 0 Å². The topological polar surface area (TPSA) is 66.6 Å². The van der Waals surface area contributed by atoms with E-state index >= 15 is 0 Å². The van der Waals surface area contributed by atoms with E-state index in [1.165, 1.54) is 0 Å². The lowest BCUT2D eigenvalue weighted by molar-refractivity contribution is 0.0693. The Bertz CT molecular complexity index is 580. The highest BCUT2D eigenvalue weighted by Gasteiger charge is 2.16. The summed E-state index contributed by atoms with van der Waals surface area (Å²) in [6.45, 7) is 0.883. The molecule has 0 atom stereocenters. The minimum absolute atomic E-state index is 0.107. The molecule has 2 aromatic rings. The van der Waals surface area contributed by atoms with Crippen molar-refractivity contribution in [2.24, 2.45) is 0 Å². The number of nitrogens with one attached hydrogen (secondary N) is 1. The summed E-state index contributed by atoms with van der Waals surface area (Å²) >= 11 is 3.34. The Balaban J connectivity index is 2.44. The van der Waals surface area contributed by atoms with Gasteiger partial charge >= 0.3 is 5.97 Å². The van der Waals surface area contributed by atoms with Crippen LogP contribution in [0.2, 0.25) is 0 Å². The molecular weight excluding hydrogens is 298 g/mol. The molecule has 0 saturated heterocycles. The summed E-state index contributed by atoms with van der Waals surface area (Å²) in [5.74, 6) is -0.212. The highest BCUT2D eigenvalue weighted by molar-refractivity contribution is 9.10. The number of hydrogen-bond acceptors (Lipinski definition) is 3. The molecule has 0 aliphatic heterocycles. The molecule has 2 rings (SSSR count). The standard InChI is InChI=1S/C12H14BrN3O2/c1-14-5-2-3-10-15-11(12(17)18)9-7-8(13)4-6-16(9)10/h4,6-7,14H,2-3,5H2,1H3,(H,17,18). The van der Waals surface area contributed by atoms with E-state index in [1.54, 1.807) is 6.07 Å². The van der Waals surface area contributed by atoms with Crippen LogP contribution in [0, 0.1) is 0 Å². The highest BCUT2D eigenvalue weighted by atomic mass is 79.9. The molecule has 2 heterocycles. The lowest BCUT2D eigenvalue weighted by Crippen LogP contribution is -2.09. The van der Waals surface area contributed by atoms with Crippen LogP contribution in [0.3, 0.4) is 0 Å². The van der Waals surface area contributed by atoms with E-state index in [4.69, 9.17) is 5.11 Å². The number of aryl methyl sites for hydroxylation is 1. The minimum Gasteiger partial charge on any atom is -0.476 e. The third-order valence-corrected chi connectivity index (χ3v) is 3.20. The van der Waals surface area contributed by atoms with Gasteiger partial charge in [0.1, 0.15) is 5.82 Å². The van der Waals surface area contributed by atoms with E-state index in [2.05, 4.69) is 26.2 Å². The number of rotatable bonds is 5. The maximum atomic E-state index is 11.2. The second-order valence-electron chi connectivity index (χ2n) is 3.99. The van der Waals surface area contributed by atoms with Crippen LogP contribution in [-0.4, -0.2) is 34.1 Å². The first-order valence-electron chi connectivity index (χ1n) is 5.68. The zero-order valence-electron chi connectivity index (χ0n) is 9.98. The summed E-state index contributed by atoms with van der Waals surface area (Å²) in [4.78, 5) is 15.4. The number of carboxylic acids is 1. The van der Waals surface area contributed by atoms with Gasteiger partial charge in [0, 0.05) is 17.1 Å². The molecule has 2 aromatic heterocycles. The van der Waals surface area contributed by atoms with Crippen molar-refractivity contribution >= 4 is 27.4 Å². The smallest absolute Gasteiger partial charge is 0.356 e. The van der Waals surface area contributed by atoms with Crippen molar-refractivity contribution in [1.82, 2.24) is 14.7 Å². The largest absolute Gasteiger partial charge is 0.476 e. The third-order valence-electron chi connectivity index (χ3n) is 2.71. The molecule has 2 N–H and O–H groups in total. The van der Waals surface area contributed by atoms with E-state index in [-0.39, 0.29) is 5.69 Å². The van der Waals surface area contributed by atoms with Gasteiger partial charge in [-0.3, -0.25) is 0 Å². The second kappa shape index (κ2) is 5.49. The maximum Gasteiger partial charge on any atom is 0.356 e. The second-order valence-corrected chi connectivity index (χ2v) is 4.90. The third kappa shape index (κ3) is 2.54. The monoisotopic (exact) mass is 311 g/mol. The van der Waals surface area contributed by atoms with Crippen molar-refractivity contribution < 1.29 is 9.90 Å². The number of fused-ring (bicyclic) bond motifs is 1. The van der Waals surface area contributed by atoms with Crippen LogP contribution in [0.25, 0.3) is 5.52 Å². The molecule has 0 unspecified atom stereocenters. The van der Waals surface area contributed by atoms with Crippen LogP contribution in [0.1, 0.15) is 22.7 Å². The van der Waals surface area contributed by atoms with E-state index in [0.29, 0.717) is 5.52 Å². The average molecular weight is 312 g/mol. The molecule has 96 valence electrons. The Morgan fingerprint density at radius 3 is 3.06 bits per heavy atom. The molecule has 0 fully saturated rings. The number of hydrogen-bond donors (Lipinski definition) is 2. The van der Waals surface area contributed by atoms with Crippen molar-refractivity contribution in [2.45, 2.75) is 12.8 Å². The van der Waals surface area contributed by atoms with E-state index in [1.807, 2.05) is 23.7 Å². The zero-order chi connectivity index (χ0) is 13.1. The lowest BCUT2D eigenvalue weighted by atomic mass is 10.3. The van der Waals surface area contributed by atoms with Gasteiger partial charge in [-0.25, -0.2) is 9.78 Å². The Hall–Kier alpha value is -1.40. The van der Waals surface area contributed by atoms with E-state index < -0.39 is 5.97 Å². The van der Waals surface area contributed by atoms with Crippen LogP contribution in [0.5, 0.6) is 0 Å². The predicted molar refractivity (Wildman–Crippen MR) is 72.1 cm³/mol. The molecule has 18 heavy (non-hydrogen) atoms. The molecule has 0 radical (unpaired) electrons. The maximum absolute atomic E-state index is 11.2. The van der Waals surface area contributed by atoms with Gasteiger partial charge < -0.3 is 14.8 Å². The molecule has 0 aliphatic rings. The van der Waals surface area contributed by atoms with Gasteiger partial charge in [0.05, 0.1) is 5.52 Å². The summed E-state index contributed by atoms with van der Waals surface area (Å²) in [7, 11) is 1.89. The fourth-order valence-electron chi connectivity index (χ4n) is 1.88. The molecule has 0 aromatic carbocycles. The van der Waals surface area contributed by atoms with Crippen LogP contribution >= 0.6 is 15.9 Å². The number of halogens is 1. The fraction of sp³-hybridized carbons (Fsp3) is 0.333. The Kier molecular flexibility index (Phi) is 3.98. The summed E-state index contributed by atoms with van der Waals surface area (Å²) in [6, 6.07) is 3.65. The molecule has 0 bridgehead atoms. The van der Waals surface area contributed by atoms with Crippen molar-refractivity contribution in [1.29, 1.82) is 0 Å². The van der Waals surface area contributed by atoms with Gasteiger partial charge in [0.25, 0.3) is 0 Å². The van der Waals surface area contributed by atoms with E-state index in [9.17, 15) is 4.79 Å². The SMILES string of the molecule is CNCCCc1nc(C(=O)O)c2cc(Br)ccn12. The average Bonchev–Trinajstić information content (AvgIpc) is 2.68. The number of aromatic carboxylic acids is 1. The zero-order valence-corrected chi connectivity index (χ0v) is 11.6. The van der Waals surface area contributed by atoms with Crippen molar-refractivity contribution in [2.75, 3.05) is 13.6 Å². The van der Waals surface area contributed by atoms with Gasteiger partial charge in [-0.2, -0.15) is 0 Å². The molecule has 5 nitrogen and oxygen atoms in total. The fourth-order valence-corrected chi connectivity index (χ4v) is 2.21. The van der Waals surface area contributed by atoms with Gasteiger partial charge in [-0.1, -0.05) is 15.9 Å². The molecule has 0 saturated carbocycles. The van der Waals surface area contributed by atoms with E-state index in [0.717, 1.165) is 29.7 Å². The number of pyridine rings is 1. The minimum atomic E-state index is -0.995. The number of imidazole rings is 1. The van der Waals surface area contributed by atoms with Gasteiger partial charge in [-0.15, -0.1) is 0 Å². The predicted octanol–water partition coefficient (Wildman–Crippen LogP) is 1.95. The molecule has 6 heteroatoms. The first kappa shape index (κ1) is 13.0. The molecule has 0 amide bonds. The summed E-state index contributed by atoms with van der Waals surface area (Å²) < 4.78 is 2.68. The molecule has 0 aliphatic carbocycles. The van der Waals surface area contributed by atoms with Crippen LogP contribution in [0.4, 0.5) is 0 Å². The van der Waals surface area contributed by atoms with Crippen molar-refractivity contribution in [3.8, 4) is 0 Å². The van der Waals surface area contributed by atoms with Crippen molar-refractivity contribution in [3.63, 3.8) is 0 Å². The molecule has 0 spiro atoms. The quantitative estimate of drug-likeness (QED) is 0.828. The number of carboxylic acid groups (broad SMARTS) is 1. The summed E-state index contributed by atoms with van der Waals surface area (Å²) in [5.41, 5.74) is 0.729.